The summed E-state index contributed by atoms with van der Waals surface area (Å²) in [5, 5.41) is 3.28. The first kappa shape index (κ1) is 13.3. The van der Waals surface area contributed by atoms with E-state index in [4.69, 9.17) is 9.47 Å². The molecular weight excluding hydrogens is 270 g/mol. The number of methoxy groups -OCH3 is 1. The normalized spacial score (nSPS) is 10.2. The topological polar surface area (TPSA) is 30.5 Å². The van der Waals surface area contributed by atoms with Crippen molar-refractivity contribution < 1.29 is 9.47 Å². The van der Waals surface area contributed by atoms with Crippen LogP contribution in [0.2, 0.25) is 0 Å². The van der Waals surface area contributed by atoms with Gasteiger partial charge >= 0.3 is 0 Å². The van der Waals surface area contributed by atoms with Crippen LogP contribution in [0.1, 0.15) is 13.3 Å². The van der Waals surface area contributed by atoms with Gasteiger partial charge in [0.15, 0.2) is 0 Å². The number of ether oxygens (including phenoxy) is 2. The minimum absolute atomic E-state index is 0.725. The van der Waals surface area contributed by atoms with Gasteiger partial charge in [-0.25, -0.2) is 0 Å². The number of anilines is 1. The Kier molecular flexibility index (Phi) is 6.26. The van der Waals surface area contributed by atoms with Crippen LogP contribution < -0.4 is 10.1 Å². The lowest BCUT2D eigenvalue weighted by Crippen LogP contribution is -2.09. The third-order valence-corrected chi connectivity index (χ3v) is 2.49. The van der Waals surface area contributed by atoms with Crippen LogP contribution in [0, 0.1) is 0 Å². The first-order valence-corrected chi connectivity index (χ1v) is 6.21. The van der Waals surface area contributed by atoms with E-state index in [9.17, 15) is 0 Å². The molecule has 90 valence electrons. The highest BCUT2D eigenvalue weighted by Gasteiger charge is 1.98. The second-order valence-corrected chi connectivity index (χ2v) is 4.33. The Hall–Kier alpha value is -0.740. The largest absolute Gasteiger partial charge is 0.497 e. The summed E-state index contributed by atoms with van der Waals surface area (Å²) in [7, 11) is 1.66. The average Bonchev–Trinajstić information content (AvgIpc) is 2.28. The molecule has 0 aliphatic carbocycles. The Bertz CT molecular complexity index is 318. The van der Waals surface area contributed by atoms with E-state index in [1.54, 1.807) is 7.11 Å². The lowest BCUT2D eigenvalue weighted by molar-refractivity contribution is 0.144. The van der Waals surface area contributed by atoms with Gasteiger partial charge in [-0.15, -0.1) is 0 Å². The molecule has 0 spiro atoms. The van der Waals surface area contributed by atoms with Crippen molar-refractivity contribution in [3.63, 3.8) is 0 Å². The Morgan fingerprint density at radius 3 is 2.75 bits per heavy atom. The summed E-state index contributed by atoms with van der Waals surface area (Å²) in [6, 6.07) is 5.91. The van der Waals surface area contributed by atoms with Gasteiger partial charge in [0, 0.05) is 29.4 Å². The van der Waals surface area contributed by atoms with Crippen LogP contribution in [0.4, 0.5) is 5.69 Å². The molecule has 0 saturated carbocycles. The molecule has 4 heteroatoms. The maximum Gasteiger partial charge on any atom is 0.122 e. The van der Waals surface area contributed by atoms with Crippen LogP contribution in [0.25, 0.3) is 0 Å². The van der Waals surface area contributed by atoms with E-state index in [1.807, 2.05) is 18.2 Å². The van der Waals surface area contributed by atoms with Gasteiger partial charge in [0.25, 0.3) is 0 Å². The van der Waals surface area contributed by atoms with E-state index in [2.05, 4.69) is 28.2 Å². The molecule has 16 heavy (non-hydrogen) atoms. The number of nitrogens with one attached hydrogen (secondary N) is 1. The molecule has 0 atom stereocenters. The fourth-order valence-corrected chi connectivity index (χ4v) is 1.77. The van der Waals surface area contributed by atoms with Crippen molar-refractivity contribution >= 4 is 21.6 Å². The molecule has 0 aliphatic heterocycles. The molecular formula is C12H18BrNO2. The van der Waals surface area contributed by atoms with E-state index < -0.39 is 0 Å². The minimum atomic E-state index is 0.725. The van der Waals surface area contributed by atoms with Crippen molar-refractivity contribution in [1.29, 1.82) is 0 Å². The van der Waals surface area contributed by atoms with Gasteiger partial charge in [-0.05, 0) is 18.6 Å². The highest BCUT2D eigenvalue weighted by Crippen LogP contribution is 2.24. The van der Waals surface area contributed by atoms with Crippen molar-refractivity contribution in [2.45, 2.75) is 13.3 Å². The Balaban J connectivity index is 2.38. The van der Waals surface area contributed by atoms with Crippen molar-refractivity contribution in [2.24, 2.45) is 0 Å². The number of rotatable bonds is 7. The Morgan fingerprint density at radius 2 is 2.06 bits per heavy atom. The smallest absolute Gasteiger partial charge is 0.122 e. The molecule has 0 radical (unpaired) electrons. The van der Waals surface area contributed by atoms with Crippen molar-refractivity contribution in [1.82, 2.24) is 0 Å². The monoisotopic (exact) mass is 287 g/mol. The van der Waals surface area contributed by atoms with Gasteiger partial charge < -0.3 is 14.8 Å². The third kappa shape index (κ3) is 4.86. The second kappa shape index (κ2) is 7.52. The van der Waals surface area contributed by atoms with Gasteiger partial charge in [0.1, 0.15) is 5.75 Å². The molecule has 1 rings (SSSR count). The van der Waals surface area contributed by atoms with Crippen LogP contribution in [0.5, 0.6) is 5.75 Å². The van der Waals surface area contributed by atoms with E-state index in [0.717, 1.165) is 42.1 Å². The first-order chi connectivity index (χ1) is 7.76. The fraction of sp³-hybridized carbons (Fsp3) is 0.500. The van der Waals surface area contributed by atoms with Gasteiger partial charge in [-0.2, -0.15) is 0 Å². The van der Waals surface area contributed by atoms with Gasteiger partial charge in [0.2, 0.25) is 0 Å². The van der Waals surface area contributed by atoms with Crippen molar-refractivity contribution in [3.8, 4) is 5.75 Å². The van der Waals surface area contributed by atoms with Crippen LogP contribution >= 0.6 is 15.9 Å². The minimum Gasteiger partial charge on any atom is -0.497 e. The Labute approximate surface area is 105 Å². The SMILES string of the molecule is CCCOCCNc1cc(Br)cc(OC)c1. The highest BCUT2D eigenvalue weighted by molar-refractivity contribution is 9.10. The van der Waals surface area contributed by atoms with E-state index >= 15 is 0 Å². The molecule has 0 heterocycles. The summed E-state index contributed by atoms with van der Waals surface area (Å²) in [5.41, 5.74) is 1.03. The summed E-state index contributed by atoms with van der Waals surface area (Å²) in [4.78, 5) is 0. The van der Waals surface area contributed by atoms with E-state index in [1.165, 1.54) is 0 Å². The predicted molar refractivity (Wildman–Crippen MR) is 70.3 cm³/mol. The molecule has 1 N–H and O–H groups in total. The van der Waals surface area contributed by atoms with Gasteiger partial charge in [-0.1, -0.05) is 22.9 Å². The predicted octanol–water partition coefficient (Wildman–Crippen LogP) is 3.30. The number of hydrogen-bond acceptors (Lipinski definition) is 3. The molecule has 0 aliphatic rings. The summed E-state index contributed by atoms with van der Waals surface area (Å²) in [5.74, 6) is 0.839. The second-order valence-electron chi connectivity index (χ2n) is 3.42. The maximum atomic E-state index is 5.39. The fourth-order valence-electron chi connectivity index (χ4n) is 1.30. The third-order valence-electron chi connectivity index (χ3n) is 2.03. The number of hydrogen-bond donors (Lipinski definition) is 1. The van der Waals surface area contributed by atoms with Crippen LogP contribution in [-0.4, -0.2) is 26.9 Å². The van der Waals surface area contributed by atoms with Crippen LogP contribution in [0.3, 0.4) is 0 Å². The molecule has 0 saturated heterocycles. The van der Waals surface area contributed by atoms with E-state index in [-0.39, 0.29) is 0 Å². The molecule has 0 bridgehead atoms. The zero-order chi connectivity index (χ0) is 11.8. The molecule has 3 nitrogen and oxygen atoms in total. The van der Waals surface area contributed by atoms with E-state index in [0.29, 0.717) is 0 Å². The quantitative estimate of drug-likeness (QED) is 0.781. The summed E-state index contributed by atoms with van der Waals surface area (Å²) in [6.45, 7) is 4.46. The van der Waals surface area contributed by atoms with Gasteiger partial charge in [-0.3, -0.25) is 0 Å². The van der Waals surface area contributed by atoms with Crippen LogP contribution in [0.15, 0.2) is 22.7 Å². The maximum absolute atomic E-state index is 5.39. The van der Waals surface area contributed by atoms with Crippen LogP contribution in [-0.2, 0) is 4.74 Å². The molecule has 0 unspecified atom stereocenters. The average molecular weight is 288 g/mol. The summed E-state index contributed by atoms with van der Waals surface area (Å²) >= 11 is 3.44. The standard InChI is InChI=1S/C12H18BrNO2/c1-3-5-16-6-4-14-11-7-10(13)8-12(9-11)15-2/h7-9,14H,3-6H2,1-2H3. The molecule has 0 fully saturated rings. The molecule has 0 amide bonds. The molecule has 1 aromatic rings. The number of benzene rings is 1. The zero-order valence-electron chi connectivity index (χ0n) is 9.75. The lowest BCUT2D eigenvalue weighted by Gasteiger charge is -2.09. The zero-order valence-corrected chi connectivity index (χ0v) is 11.3. The van der Waals surface area contributed by atoms with Gasteiger partial charge in [0.05, 0.1) is 13.7 Å². The van der Waals surface area contributed by atoms with Crippen molar-refractivity contribution in [3.05, 3.63) is 22.7 Å². The lowest BCUT2D eigenvalue weighted by atomic mass is 10.3. The molecule has 1 aromatic carbocycles. The molecule has 0 aromatic heterocycles. The Morgan fingerprint density at radius 1 is 1.25 bits per heavy atom. The first-order valence-electron chi connectivity index (χ1n) is 5.42. The van der Waals surface area contributed by atoms with Crippen molar-refractivity contribution in [2.75, 3.05) is 32.2 Å². The summed E-state index contributed by atoms with van der Waals surface area (Å²) in [6.07, 6.45) is 1.06. The number of halogens is 1. The highest BCUT2D eigenvalue weighted by atomic mass is 79.9. The summed E-state index contributed by atoms with van der Waals surface area (Å²) < 4.78 is 11.6.